The first-order valence-corrected chi connectivity index (χ1v) is 6.18. The van der Waals surface area contributed by atoms with Crippen molar-refractivity contribution in [3.8, 4) is 0 Å². The van der Waals surface area contributed by atoms with Gasteiger partial charge in [0, 0.05) is 23.2 Å². The number of nitrogens with one attached hydrogen (secondary N) is 1. The van der Waals surface area contributed by atoms with E-state index >= 15 is 0 Å². The molecule has 0 amide bonds. The number of hydrogen-bond donors (Lipinski definition) is 1. The van der Waals surface area contributed by atoms with Gasteiger partial charge in [0.25, 0.3) is 0 Å². The number of halogens is 3. The highest BCUT2D eigenvalue weighted by molar-refractivity contribution is 9.11. The van der Waals surface area contributed by atoms with Crippen LogP contribution < -0.4 is 5.32 Å². The molecule has 1 N–H and O–H groups in total. The molecule has 0 saturated heterocycles. The third kappa shape index (κ3) is 3.02. The van der Waals surface area contributed by atoms with Gasteiger partial charge >= 0.3 is 0 Å². The van der Waals surface area contributed by atoms with Crippen molar-refractivity contribution in [2.45, 2.75) is 6.54 Å². The Kier molecular flexibility index (Phi) is 3.56. The molecule has 0 atom stereocenters. The number of benzene rings is 1. The maximum atomic E-state index is 12.9. The van der Waals surface area contributed by atoms with Gasteiger partial charge in [-0.15, -0.1) is 11.3 Å². The molecule has 0 aliphatic rings. The highest BCUT2D eigenvalue weighted by Gasteiger charge is 2.01. The van der Waals surface area contributed by atoms with Crippen LogP contribution >= 0.6 is 27.3 Å². The van der Waals surface area contributed by atoms with Gasteiger partial charge in [0.15, 0.2) is 0 Å². The Morgan fingerprint density at radius 3 is 2.38 bits per heavy atom. The van der Waals surface area contributed by atoms with Crippen LogP contribution in [0.15, 0.2) is 34.1 Å². The van der Waals surface area contributed by atoms with Crippen LogP contribution in [0.3, 0.4) is 0 Å². The van der Waals surface area contributed by atoms with Crippen LogP contribution in [0, 0.1) is 11.6 Å². The molecular formula is C11H8BrF2NS. The lowest BCUT2D eigenvalue weighted by molar-refractivity contribution is 0.584. The second-order valence-corrected chi connectivity index (χ2v) is 5.77. The lowest BCUT2D eigenvalue weighted by Gasteiger charge is -2.04. The summed E-state index contributed by atoms with van der Waals surface area (Å²) < 4.78 is 26.8. The van der Waals surface area contributed by atoms with E-state index in [9.17, 15) is 8.78 Å². The zero-order valence-electron chi connectivity index (χ0n) is 8.14. The Morgan fingerprint density at radius 1 is 1.12 bits per heavy atom. The molecule has 1 aromatic heterocycles. The van der Waals surface area contributed by atoms with Crippen molar-refractivity contribution < 1.29 is 8.78 Å². The van der Waals surface area contributed by atoms with Crippen molar-refractivity contribution in [2.24, 2.45) is 0 Å². The van der Waals surface area contributed by atoms with Crippen LogP contribution in [0.2, 0.25) is 0 Å². The van der Waals surface area contributed by atoms with Crippen molar-refractivity contribution in [3.05, 3.63) is 50.6 Å². The van der Waals surface area contributed by atoms with Gasteiger partial charge in [0.2, 0.25) is 0 Å². The SMILES string of the molecule is Fc1cc(F)cc(NCc2ccc(Br)s2)c1. The maximum Gasteiger partial charge on any atom is 0.128 e. The van der Waals surface area contributed by atoms with Crippen molar-refractivity contribution in [1.29, 1.82) is 0 Å². The van der Waals surface area contributed by atoms with Crippen LogP contribution in [-0.2, 0) is 6.54 Å². The smallest absolute Gasteiger partial charge is 0.128 e. The first-order valence-electron chi connectivity index (χ1n) is 4.58. The average Bonchev–Trinajstić information content (AvgIpc) is 2.60. The van der Waals surface area contributed by atoms with Gasteiger partial charge < -0.3 is 5.32 Å². The fourth-order valence-corrected chi connectivity index (χ4v) is 2.71. The fourth-order valence-electron chi connectivity index (χ4n) is 1.29. The van der Waals surface area contributed by atoms with Gasteiger partial charge in [-0.3, -0.25) is 0 Å². The molecule has 0 saturated carbocycles. The molecule has 2 rings (SSSR count). The van der Waals surface area contributed by atoms with Crippen LogP contribution in [0.1, 0.15) is 4.88 Å². The molecule has 1 nitrogen and oxygen atoms in total. The Hall–Kier alpha value is -0.940. The van der Waals surface area contributed by atoms with E-state index < -0.39 is 11.6 Å². The normalized spacial score (nSPS) is 10.4. The third-order valence-electron chi connectivity index (χ3n) is 1.96. The Balaban J connectivity index is 2.04. The van der Waals surface area contributed by atoms with E-state index in [1.165, 1.54) is 12.1 Å². The van der Waals surface area contributed by atoms with Gasteiger partial charge in [0.1, 0.15) is 11.6 Å². The summed E-state index contributed by atoms with van der Waals surface area (Å²) in [5, 5.41) is 2.97. The summed E-state index contributed by atoms with van der Waals surface area (Å²) in [5.41, 5.74) is 0.446. The van der Waals surface area contributed by atoms with E-state index in [2.05, 4.69) is 21.2 Å². The second-order valence-electron chi connectivity index (χ2n) is 3.22. The summed E-state index contributed by atoms with van der Waals surface area (Å²) in [7, 11) is 0. The highest BCUT2D eigenvalue weighted by atomic mass is 79.9. The number of thiophene rings is 1. The van der Waals surface area contributed by atoms with Gasteiger partial charge in [-0.05, 0) is 40.2 Å². The Labute approximate surface area is 104 Å². The van der Waals surface area contributed by atoms with Gasteiger partial charge in [-0.25, -0.2) is 8.78 Å². The molecular weight excluding hydrogens is 296 g/mol. The average molecular weight is 304 g/mol. The Morgan fingerprint density at radius 2 is 1.81 bits per heavy atom. The minimum atomic E-state index is -0.574. The molecule has 1 heterocycles. The van der Waals surface area contributed by atoms with Crippen LogP contribution in [0.4, 0.5) is 14.5 Å². The predicted octanol–water partition coefficient (Wildman–Crippen LogP) is 4.40. The Bertz CT molecular complexity index is 478. The minimum Gasteiger partial charge on any atom is -0.380 e. The van der Waals surface area contributed by atoms with Crippen LogP contribution in [0.5, 0.6) is 0 Å². The molecule has 0 unspecified atom stereocenters. The molecule has 0 radical (unpaired) electrons. The number of anilines is 1. The summed E-state index contributed by atoms with van der Waals surface area (Å²) in [6.45, 7) is 0.555. The summed E-state index contributed by atoms with van der Waals surface area (Å²) in [6, 6.07) is 7.29. The first-order chi connectivity index (χ1) is 7.63. The van der Waals surface area contributed by atoms with Gasteiger partial charge in [-0.2, -0.15) is 0 Å². The molecule has 1 aromatic carbocycles. The van der Waals surface area contributed by atoms with Crippen LogP contribution in [-0.4, -0.2) is 0 Å². The molecule has 5 heteroatoms. The van der Waals surface area contributed by atoms with E-state index in [0.29, 0.717) is 12.2 Å². The monoisotopic (exact) mass is 303 g/mol. The molecule has 16 heavy (non-hydrogen) atoms. The maximum absolute atomic E-state index is 12.9. The van der Waals surface area contributed by atoms with E-state index in [1.807, 2.05) is 12.1 Å². The van der Waals surface area contributed by atoms with Crippen molar-refractivity contribution in [3.63, 3.8) is 0 Å². The molecule has 0 fully saturated rings. The molecule has 0 spiro atoms. The third-order valence-corrected chi connectivity index (χ3v) is 3.58. The molecule has 0 aliphatic heterocycles. The molecule has 0 aliphatic carbocycles. The number of hydrogen-bond acceptors (Lipinski definition) is 2. The molecule has 0 bridgehead atoms. The summed E-state index contributed by atoms with van der Waals surface area (Å²) in [6.07, 6.45) is 0. The second kappa shape index (κ2) is 4.93. The van der Waals surface area contributed by atoms with Crippen molar-refractivity contribution >= 4 is 33.0 Å². The summed E-state index contributed by atoms with van der Waals surface area (Å²) in [5.74, 6) is -1.15. The predicted molar refractivity (Wildman–Crippen MR) is 65.7 cm³/mol. The van der Waals surface area contributed by atoms with Gasteiger partial charge in [-0.1, -0.05) is 0 Å². The van der Waals surface area contributed by atoms with E-state index in [-0.39, 0.29) is 0 Å². The quantitative estimate of drug-likeness (QED) is 0.886. The van der Waals surface area contributed by atoms with Gasteiger partial charge in [0.05, 0.1) is 3.79 Å². The van der Waals surface area contributed by atoms with Crippen molar-refractivity contribution in [2.75, 3.05) is 5.32 Å². The molecule has 84 valence electrons. The van der Waals surface area contributed by atoms with Crippen LogP contribution in [0.25, 0.3) is 0 Å². The van der Waals surface area contributed by atoms with Crippen molar-refractivity contribution in [1.82, 2.24) is 0 Å². The first kappa shape index (κ1) is 11.5. The standard InChI is InChI=1S/C11H8BrF2NS/c12-11-2-1-10(16-11)6-15-9-4-7(13)3-8(14)5-9/h1-5,15H,6H2. The van der Waals surface area contributed by atoms with E-state index in [4.69, 9.17) is 0 Å². The molecule has 2 aromatic rings. The summed E-state index contributed by atoms with van der Waals surface area (Å²) >= 11 is 4.93. The number of rotatable bonds is 3. The van der Waals surface area contributed by atoms with E-state index in [1.54, 1.807) is 11.3 Å². The lowest BCUT2D eigenvalue weighted by atomic mass is 10.3. The van der Waals surface area contributed by atoms with E-state index in [0.717, 1.165) is 14.7 Å². The fraction of sp³-hybridized carbons (Fsp3) is 0.0909. The zero-order chi connectivity index (χ0) is 11.5. The topological polar surface area (TPSA) is 12.0 Å². The summed E-state index contributed by atoms with van der Waals surface area (Å²) in [4.78, 5) is 1.09. The zero-order valence-corrected chi connectivity index (χ0v) is 10.5. The lowest BCUT2D eigenvalue weighted by Crippen LogP contribution is -1.98. The highest BCUT2D eigenvalue weighted by Crippen LogP contribution is 2.23. The minimum absolute atomic E-state index is 0.446. The largest absolute Gasteiger partial charge is 0.380 e.